The first-order valence-corrected chi connectivity index (χ1v) is 10.1. The SMILES string of the molecule is CN1CCCC(C(=O)Nc2cc(F)cc(C(=O)NCc3ccc4cc[nH]c4c3)c2)C1. The van der Waals surface area contributed by atoms with Gasteiger partial charge < -0.3 is 20.5 Å². The molecule has 2 aromatic carbocycles. The zero-order chi connectivity index (χ0) is 21.1. The predicted octanol–water partition coefficient (Wildman–Crippen LogP) is 3.52. The first kappa shape index (κ1) is 20.1. The molecule has 4 rings (SSSR count). The molecular weight excluding hydrogens is 383 g/mol. The third kappa shape index (κ3) is 4.68. The Hall–Kier alpha value is -3.19. The Morgan fingerprint density at radius 2 is 2.07 bits per heavy atom. The van der Waals surface area contributed by atoms with Gasteiger partial charge in [0.15, 0.2) is 0 Å². The first-order valence-electron chi connectivity index (χ1n) is 10.1. The minimum Gasteiger partial charge on any atom is -0.361 e. The van der Waals surface area contributed by atoms with E-state index in [0.29, 0.717) is 18.8 Å². The molecule has 30 heavy (non-hydrogen) atoms. The van der Waals surface area contributed by atoms with Crippen molar-refractivity contribution in [1.29, 1.82) is 0 Å². The van der Waals surface area contributed by atoms with Crippen LogP contribution in [0.5, 0.6) is 0 Å². The van der Waals surface area contributed by atoms with Gasteiger partial charge in [-0.1, -0.05) is 12.1 Å². The molecule has 0 bridgehead atoms. The number of nitrogens with zero attached hydrogens (tertiary/aromatic N) is 1. The van der Waals surface area contributed by atoms with E-state index in [1.165, 1.54) is 18.2 Å². The molecule has 1 unspecified atom stereocenters. The number of anilines is 1. The van der Waals surface area contributed by atoms with Crippen LogP contribution in [0.1, 0.15) is 28.8 Å². The molecule has 1 aromatic heterocycles. The third-order valence-electron chi connectivity index (χ3n) is 5.50. The number of amides is 2. The van der Waals surface area contributed by atoms with E-state index in [1.54, 1.807) is 0 Å². The molecule has 1 aliphatic heterocycles. The smallest absolute Gasteiger partial charge is 0.251 e. The summed E-state index contributed by atoms with van der Waals surface area (Å²) in [6, 6.07) is 11.8. The Morgan fingerprint density at radius 3 is 2.90 bits per heavy atom. The van der Waals surface area contributed by atoms with E-state index in [1.807, 2.05) is 37.5 Å². The molecule has 0 saturated carbocycles. The van der Waals surface area contributed by atoms with E-state index in [9.17, 15) is 14.0 Å². The molecule has 1 aliphatic rings. The number of rotatable bonds is 5. The van der Waals surface area contributed by atoms with Crippen molar-refractivity contribution in [3.05, 3.63) is 65.6 Å². The van der Waals surface area contributed by atoms with E-state index < -0.39 is 11.7 Å². The zero-order valence-corrected chi connectivity index (χ0v) is 16.9. The molecule has 3 N–H and O–H groups in total. The van der Waals surface area contributed by atoms with Crippen molar-refractivity contribution in [2.45, 2.75) is 19.4 Å². The van der Waals surface area contributed by atoms with Crippen LogP contribution in [0.3, 0.4) is 0 Å². The summed E-state index contributed by atoms with van der Waals surface area (Å²) in [7, 11) is 1.98. The number of hydrogen-bond acceptors (Lipinski definition) is 3. The van der Waals surface area contributed by atoms with Gasteiger partial charge in [0.25, 0.3) is 5.91 Å². The quantitative estimate of drug-likeness (QED) is 0.605. The summed E-state index contributed by atoms with van der Waals surface area (Å²) in [6.45, 7) is 1.98. The largest absolute Gasteiger partial charge is 0.361 e. The highest BCUT2D eigenvalue weighted by Crippen LogP contribution is 2.20. The molecule has 1 saturated heterocycles. The second kappa shape index (κ2) is 8.67. The highest BCUT2D eigenvalue weighted by atomic mass is 19.1. The lowest BCUT2D eigenvalue weighted by Crippen LogP contribution is -2.38. The van der Waals surface area contributed by atoms with Gasteiger partial charge in [-0.05, 0) is 67.7 Å². The topological polar surface area (TPSA) is 77.2 Å². The number of carbonyl (C=O) groups is 2. The molecule has 1 fully saturated rings. The van der Waals surface area contributed by atoms with Crippen LogP contribution in [0.15, 0.2) is 48.7 Å². The fourth-order valence-corrected chi connectivity index (χ4v) is 3.91. The molecule has 7 heteroatoms. The van der Waals surface area contributed by atoms with Crippen LogP contribution >= 0.6 is 0 Å². The minimum atomic E-state index is -0.563. The summed E-state index contributed by atoms with van der Waals surface area (Å²) in [5, 5.41) is 6.68. The van der Waals surface area contributed by atoms with Gasteiger partial charge >= 0.3 is 0 Å². The Kier molecular flexibility index (Phi) is 5.81. The van der Waals surface area contributed by atoms with E-state index in [4.69, 9.17) is 0 Å². The fraction of sp³-hybridized carbons (Fsp3) is 0.304. The van der Waals surface area contributed by atoms with Gasteiger partial charge in [0, 0.05) is 36.1 Å². The summed E-state index contributed by atoms with van der Waals surface area (Å²) in [5.74, 6) is -1.23. The molecule has 2 heterocycles. The Morgan fingerprint density at radius 1 is 1.20 bits per heavy atom. The fourth-order valence-electron chi connectivity index (χ4n) is 3.91. The Balaban J connectivity index is 1.41. The number of H-pyrrole nitrogens is 1. The number of hydrogen-bond donors (Lipinski definition) is 3. The maximum atomic E-state index is 14.1. The zero-order valence-electron chi connectivity index (χ0n) is 16.9. The van der Waals surface area contributed by atoms with Crippen LogP contribution in [0.2, 0.25) is 0 Å². The molecule has 156 valence electrons. The minimum absolute atomic E-state index is 0.132. The molecule has 0 aliphatic carbocycles. The number of aromatic amines is 1. The van der Waals surface area contributed by atoms with Crippen molar-refractivity contribution >= 4 is 28.4 Å². The second-order valence-electron chi connectivity index (χ2n) is 7.90. The standard InChI is InChI=1S/C23H25FN4O2/c1-28-8-2-3-17(14-28)23(30)27-20-11-18(10-19(24)12-20)22(29)26-13-15-4-5-16-6-7-25-21(16)9-15/h4-7,9-12,17,25H,2-3,8,13-14H2,1H3,(H,26,29)(H,27,30). The summed E-state index contributed by atoms with van der Waals surface area (Å²) >= 11 is 0. The van der Waals surface area contributed by atoms with Crippen LogP contribution in [0.25, 0.3) is 10.9 Å². The van der Waals surface area contributed by atoms with E-state index in [2.05, 4.69) is 20.5 Å². The summed E-state index contributed by atoms with van der Waals surface area (Å²) in [6.07, 6.45) is 3.63. The van der Waals surface area contributed by atoms with E-state index in [-0.39, 0.29) is 17.4 Å². The number of likely N-dealkylation sites (tertiary alicyclic amines) is 1. The monoisotopic (exact) mass is 408 g/mol. The maximum Gasteiger partial charge on any atom is 0.251 e. The molecular formula is C23H25FN4O2. The predicted molar refractivity (Wildman–Crippen MR) is 115 cm³/mol. The molecule has 0 spiro atoms. The third-order valence-corrected chi connectivity index (χ3v) is 5.50. The number of aromatic nitrogens is 1. The number of nitrogens with one attached hydrogen (secondary N) is 3. The summed E-state index contributed by atoms with van der Waals surface area (Å²) in [5.41, 5.74) is 2.40. The van der Waals surface area contributed by atoms with Crippen LogP contribution in [-0.4, -0.2) is 41.8 Å². The molecule has 2 amide bonds. The van der Waals surface area contributed by atoms with Crippen molar-refractivity contribution in [3.8, 4) is 0 Å². The van der Waals surface area contributed by atoms with Crippen molar-refractivity contribution in [3.63, 3.8) is 0 Å². The van der Waals surface area contributed by atoms with Gasteiger partial charge in [-0.25, -0.2) is 4.39 Å². The number of fused-ring (bicyclic) bond motifs is 1. The van der Waals surface area contributed by atoms with Crippen molar-refractivity contribution in [1.82, 2.24) is 15.2 Å². The lowest BCUT2D eigenvalue weighted by Gasteiger charge is -2.28. The number of halogens is 1. The van der Waals surface area contributed by atoms with Crippen LogP contribution in [0.4, 0.5) is 10.1 Å². The van der Waals surface area contributed by atoms with Gasteiger partial charge in [-0.15, -0.1) is 0 Å². The summed E-state index contributed by atoms with van der Waals surface area (Å²) in [4.78, 5) is 30.3. The van der Waals surface area contributed by atoms with Crippen molar-refractivity contribution in [2.24, 2.45) is 5.92 Å². The lowest BCUT2D eigenvalue weighted by atomic mass is 9.97. The molecule has 3 aromatic rings. The lowest BCUT2D eigenvalue weighted by molar-refractivity contribution is -0.121. The number of piperidine rings is 1. The van der Waals surface area contributed by atoms with Crippen molar-refractivity contribution in [2.75, 3.05) is 25.5 Å². The van der Waals surface area contributed by atoms with Gasteiger partial charge in [-0.3, -0.25) is 9.59 Å². The van der Waals surface area contributed by atoms with Crippen molar-refractivity contribution < 1.29 is 14.0 Å². The summed E-state index contributed by atoms with van der Waals surface area (Å²) < 4.78 is 14.1. The number of benzene rings is 2. The normalized spacial score (nSPS) is 17.1. The molecule has 0 radical (unpaired) electrons. The molecule has 6 nitrogen and oxygen atoms in total. The number of carbonyl (C=O) groups excluding carboxylic acids is 2. The van der Waals surface area contributed by atoms with Gasteiger partial charge in [0.2, 0.25) is 5.91 Å². The van der Waals surface area contributed by atoms with Gasteiger partial charge in [-0.2, -0.15) is 0 Å². The Bertz CT molecular complexity index is 1080. The van der Waals surface area contributed by atoms with Gasteiger partial charge in [0.1, 0.15) is 5.82 Å². The van der Waals surface area contributed by atoms with Gasteiger partial charge in [0.05, 0.1) is 5.92 Å². The maximum absolute atomic E-state index is 14.1. The van der Waals surface area contributed by atoms with Crippen LogP contribution < -0.4 is 10.6 Å². The van der Waals surface area contributed by atoms with Crippen LogP contribution in [-0.2, 0) is 11.3 Å². The molecule has 1 atom stereocenters. The average molecular weight is 408 g/mol. The Labute approximate surface area is 174 Å². The van der Waals surface area contributed by atoms with E-state index in [0.717, 1.165) is 35.9 Å². The first-order chi connectivity index (χ1) is 14.5. The van der Waals surface area contributed by atoms with E-state index >= 15 is 0 Å². The average Bonchev–Trinajstić information content (AvgIpc) is 3.19. The second-order valence-corrected chi connectivity index (χ2v) is 7.90. The highest BCUT2D eigenvalue weighted by molar-refractivity contribution is 5.97. The van der Waals surface area contributed by atoms with Crippen LogP contribution in [0, 0.1) is 11.7 Å². The highest BCUT2D eigenvalue weighted by Gasteiger charge is 2.24.